The third kappa shape index (κ3) is 5.19. The number of piperidine rings is 1. The molecule has 0 radical (unpaired) electrons. The number of hydrogen-bond acceptors (Lipinski definition) is 3. The van der Waals surface area contributed by atoms with Crippen LogP contribution >= 0.6 is 23.8 Å². The fraction of sp³-hybridized carbons (Fsp3) is 0.316. The highest BCUT2D eigenvalue weighted by molar-refractivity contribution is 7.89. The van der Waals surface area contributed by atoms with Crippen molar-refractivity contribution in [1.82, 2.24) is 4.31 Å². The molecular weight excluding hydrogens is 402 g/mol. The van der Waals surface area contributed by atoms with Crippen molar-refractivity contribution in [2.24, 2.45) is 5.92 Å². The fourth-order valence-electron chi connectivity index (χ4n) is 2.91. The number of nitrogens with zero attached hydrogens (tertiary/aromatic N) is 1. The third-order valence-corrected chi connectivity index (χ3v) is 6.96. The molecule has 0 aromatic heterocycles. The van der Waals surface area contributed by atoms with Crippen LogP contribution in [0.4, 0.5) is 11.4 Å². The zero-order chi connectivity index (χ0) is 19.4. The first-order valence-electron chi connectivity index (χ1n) is 8.78. The first kappa shape index (κ1) is 20.1. The van der Waals surface area contributed by atoms with Crippen LogP contribution in [0.5, 0.6) is 0 Å². The lowest BCUT2D eigenvalue weighted by molar-refractivity contribution is 0.288. The Balaban J connectivity index is 1.62. The van der Waals surface area contributed by atoms with Crippen molar-refractivity contribution in [3.63, 3.8) is 0 Å². The van der Waals surface area contributed by atoms with E-state index in [0.717, 1.165) is 18.5 Å². The molecule has 1 aliphatic rings. The lowest BCUT2D eigenvalue weighted by Gasteiger charge is -2.29. The van der Waals surface area contributed by atoms with Gasteiger partial charge in [-0.2, -0.15) is 4.31 Å². The Labute approximate surface area is 170 Å². The largest absolute Gasteiger partial charge is 0.332 e. The summed E-state index contributed by atoms with van der Waals surface area (Å²) in [6.07, 6.45) is 1.81. The molecule has 2 aromatic carbocycles. The second-order valence-corrected chi connectivity index (χ2v) is 9.48. The van der Waals surface area contributed by atoms with Crippen LogP contribution in [-0.2, 0) is 10.0 Å². The Morgan fingerprint density at radius 2 is 1.48 bits per heavy atom. The van der Waals surface area contributed by atoms with Gasteiger partial charge < -0.3 is 10.6 Å². The number of halogens is 1. The monoisotopic (exact) mass is 423 g/mol. The van der Waals surface area contributed by atoms with Gasteiger partial charge in [0.25, 0.3) is 0 Å². The molecule has 2 aromatic rings. The maximum absolute atomic E-state index is 12.8. The molecule has 0 amide bonds. The molecule has 0 unspecified atom stereocenters. The van der Waals surface area contributed by atoms with Crippen LogP contribution in [0.3, 0.4) is 0 Å². The molecular formula is C19H22ClN3O2S2. The lowest BCUT2D eigenvalue weighted by Crippen LogP contribution is -2.37. The molecule has 3 rings (SSSR count). The summed E-state index contributed by atoms with van der Waals surface area (Å²) in [7, 11) is -3.44. The van der Waals surface area contributed by atoms with Crippen molar-refractivity contribution < 1.29 is 8.42 Å². The topological polar surface area (TPSA) is 61.4 Å². The molecule has 2 N–H and O–H groups in total. The van der Waals surface area contributed by atoms with Gasteiger partial charge in [0.2, 0.25) is 10.0 Å². The Morgan fingerprint density at radius 1 is 1.00 bits per heavy atom. The van der Waals surface area contributed by atoms with E-state index in [1.54, 1.807) is 40.7 Å². The highest BCUT2D eigenvalue weighted by Gasteiger charge is 2.27. The van der Waals surface area contributed by atoms with Crippen molar-refractivity contribution in [3.8, 4) is 0 Å². The van der Waals surface area contributed by atoms with E-state index in [1.165, 1.54) is 0 Å². The van der Waals surface area contributed by atoms with Crippen LogP contribution in [0.25, 0.3) is 0 Å². The number of rotatable bonds is 4. The highest BCUT2D eigenvalue weighted by Crippen LogP contribution is 2.24. The molecule has 144 valence electrons. The van der Waals surface area contributed by atoms with Crippen LogP contribution in [0.2, 0.25) is 5.02 Å². The minimum Gasteiger partial charge on any atom is -0.332 e. The van der Waals surface area contributed by atoms with Crippen LogP contribution in [0, 0.1) is 5.92 Å². The maximum atomic E-state index is 12.8. The summed E-state index contributed by atoms with van der Waals surface area (Å²) in [4.78, 5) is 0.305. The number of thiocarbonyl (C=S) groups is 1. The zero-order valence-corrected chi connectivity index (χ0v) is 17.4. The van der Waals surface area contributed by atoms with Gasteiger partial charge in [0.05, 0.1) is 4.90 Å². The highest BCUT2D eigenvalue weighted by atomic mass is 35.5. The smallest absolute Gasteiger partial charge is 0.243 e. The van der Waals surface area contributed by atoms with Crippen molar-refractivity contribution in [1.29, 1.82) is 0 Å². The van der Waals surface area contributed by atoms with Crippen molar-refractivity contribution >= 4 is 50.3 Å². The summed E-state index contributed by atoms with van der Waals surface area (Å²) in [5, 5.41) is 7.17. The quantitative estimate of drug-likeness (QED) is 0.705. The maximum Gasteiger partial charge on any atom is 0.243 e. The first-order valence-corrected chi connectivity index (χ1v) is 11.0. The van der Waals surface area contributed by atoms with Crippen LogP contribution in [-0.4, -0.2) is 30.9 Å². The Morgan fingerprint density at radius 3 is 2.00 bits per heavy atom. The third-order valence-electron chi connectivity index (χ3n) is 4.59. The van der Waals surface area contributed by atoms with Gasteiger partial charge in [-0.15, -0.1) is 0 Å². The lowest BCUT2D eigenvalue weighted by atomic mass is 10.0. The summed E-state index contributed by atoms with van der Waals surface area (Å²) in [6, 6.07) is 13.9. The molecule has 27 heavy (non-hydrogen) atoms. The Bertz CT molecular complexity index is 892. The van der Waals surface area contributed by atoms with Gasteiger partial charge in [-0.1, -0.05) is 18.5 Å². The van der Waals surface area contributed by atoms with Gasteiger partial charge in [-0.3, -0.25) is 0 Å². The van der Waals surface area contributed by atoms with Crippen molar-refractivity contribution in [3.05, 3.63) is 53.6 Å². The number of hydrogen-bond donors (Lipinski definition) is 2. The van der Waals surface area contributed by atoms with E-state index in [0.29, 0.717) is 39.7 Å². The van der Waals surface area contributed by atoms with Crippen LogP contribution in [0.1, 0.15) is 19.8 Å². The first-order chi connectivity index (χ1) is 12.8. The van der Waals surface area contributed by atoms with E-state index in [9.17, 15) is 8.42 Å². The van der Waals surface area contributed by atoms with Gasteiger partial charge >= 0.3 is 0 Å². The second-order valence-electron chi connectivity index (χ2n) is 6.70. The van der Waals surface area contributed by atoms with E-state index < -0.39 is 10.0 Å². The normalized spacial score (nSPS) is 16.1. The summed E-state index contributed by atoms with van der Waals surface area (Å²) >= 11 is 11.2. The summed E-state index contributed by atoms with van der Waals surface area (Å²) in [5.41, 5.74) is 1.53. The van der Waals surface area contributed by atoms with Crippen LogP contribution in [0.15, 0.2) is 53.4 Å². The molecule has 5 nitrogen and oxygen atoms in total. The Hall–Kier alpha value is -1.67. The average Bonchev–Trinajstić information content (AvgIpc) is 2.64. The number of anilines is 2. The van der Waals surface area contributed by atoms with E-state index in [-0.39, 0.29) is 0 Å². The molecule has 0 aliphatic carbocycles. The molecule has 0 atom stereocenters. The molecule has 8 heteroatoms. The van der Waals surface area contributed by atoms with Gasteiger partial charge in [-0.25, -0.2) is 8.42 Å². The molecule has 1 fully saturated rings. The van der Waals surface area contributed by atoms with Crippen LogP contribution < -0.4 is 10.6 Å². The predicted octanol–water partition coefficient (Wildman–Crippen LogP) is 4.57. The second kappa shape index (κ2) is 8.56. The molecule has 0 saturated carbocycles. The summed E-state index contributed by atoms with van der Waals surface area (Å²) < 4.78 is 27.1. The average molecular weight is 424 g/mol. The van der Waals surface area contributed by atoms with Crippen molar-refractivity contribution in [2.75, 3.05) is 23.7 Å². The molecule has 1 saturated heterocycles. The van der Waals surface area contributed by atoms with Gasteiger partial charge in [0, 0.05) is 29.5 Å². The molecule has 0 spiro atoms. The summed E-state index contributed by atoms with van der Waals surface area (Å²) in [5.74, 6) is 0.581. The molecule has 0 bridgehead atoms. The SMILES string of the molecule is CC1CCN(S(=O)(=O)c2ccc(NC(=S)Nc3ccc(Cl)cc3)cc2)CC1. The zero-order valence-electron chi connectivity index (χ0n) is 15.0. The predicted molar refractivity (Wildman–Crippen MR) is 115 cm³/mol. The fourth-order valence-corrected chi connectivity index (χ4v) is 4.74. The van der Waals surface area contributed by atoms with E-state index in [4.69, 9.17) is 23.8 Å². The molecule has 1 aliphatic heterocycles. The van der Waals surface area contributed by atoms with E-state index >= 15 is 0 Å². The minimum absolute atomic E-state index is 0.305. The number of sulfonamides is 1. The standard InChI is InChI=1S/C19H22ClN3O2S2/c1-14-10-12-23(13-11-14)27(24,25)18-8-6-17(7-9-18)22-19(26)21-16-4-2-15(20)3-5-16/h2-9,14H,10-13H2,1H3,(H2,21,22,26). The van der Waals surface area contributed by atoms with Crippen molar-refractivity contribution in [2.45, 2.75) is 24.7 Å². The number of benzene rings is 2. The van der Waals surface area contributed by atoms with Gasteiger partial charge in [-0.05, 0) is 79.5 Å². The molecule has 1 heterocycles. The van der Waals surface area contributed by atoms with Gasteiger partial charge in [0.1, 0.15) is 0 Å². The number of nitrogens with one attached hydrogen (secondary N) is 2. The van der Waals surface area contributed by atoms with E-state index in [1.807, 2.05) is 12.1 Å². The van der Waals surface area contributed by atoms with Gasteiger partial charge in [0.15, 0.2) is 5.11 Å². The Kier molecular flexibility index (Phi) is 6.37. The minimum atomic E-state index is -3.44. The van der Waals surface area contributed by atoms with E-state index in [2.05, 4.69) is 17.6 Å². The summed E-state index contributed by atoms with van der Waals surface area (Å²) in [6.45, 7) is 3.32.